The van der Waals surface area contributed by atoms with E-state index in [0.29, 0.717) is 16.9 Å². The van der Waals surface area contributed by atoms with Crippen molar-refractivity contribution < 1.29 is 8.78 Å². The van der Waals surface area contributed by atoms with Crippen LogP contribution in [-0.2, 0) is 0 Å². The molecule has 0 saturated heterocycles. The first kappa shape index (κ1) is 12.0. The number of aromatic nitrogens is 3. The maximum absolute atomic E-state index is 13.9. The minimum absolute atomic E-state index is 0.107. The molecule has 0 radical (unpaired) electrons. The molecule has 0 aliphatic carbocycles. The molecule has 0 fully saturated rings. The van der Waals surface area contributed by atoms with E-state index in [2.05, 4.69) is 15.0 Å². The highest BCUT2D eigenvalue weighted by atomic mass is 19.2. The molecule has 21 heavy (non-hydrogen) atoms. The van der Waals surface area contributed by atoms with Crippen LogP contribution in [0.2, 0.25) is 0 Å². The lowest BCUT2D eigenvalue weighted by atomic mass is 10.2. The molecular weight excluding hydrogens is 272 g/mol. The standard InChI is InChI=1S/C16H9F2N3/c17-11-6-3-5-10(14(11)18)16-20-13-8-19-12-7-2-1-4-9(12)15(13)21-16/h1-8H,(H,20,21). The van der Waals surface area contributed by atoms with Crippen molar-refractivity contribution in [2.24, 2.45) is 0 Å². The van der Waals surface area contributed by atoms with Gasteiger partial charge in [0.25, 0.3) is 0 Å². The van der Waals surface area contributed by atoms with Gasteiger partial charge in [0, 0.05) is 5.39 Å². The number of benzene rings is 2. The minimum Gasteiger partial charge on any atom is -0.337 e. The summed E-state index contributed by atoms with van der Waals surface area (Å²) in [6, 6.07) is 11.6. The Morgan fingerprint density at radius 1 is 0.952 bits per heavy atom. The number of nitrogens with one attached hydrogen (secondary N) is 1. The van der Waals surface area contributed by atoms with Gasteiger partial charge in [0.1, 0.15) is 5.82 Å². The number of imidazole rings is 1. The SMILES string of the molecule is Fc1cccc(-c2nc3c(cnc4ccccc43)[nH]2)c1F. The molecular formula is C16H9F2N3. The van der Waals surface area contributed by atoms with E-state index in [4.69, 9.17) is 0 Å². The highest BCUT2D eigenvalue weighted by Gasteiger charge is 2.14. The zero-order chi connectivity index (χ0) is 14.4. The zero-order valence-electron chi connectivity index (χ0n) is 10.8. The third kappa shape index (κ3) is 1.78. The molecule has 4 aromatic rings. The Morgan fingerprint density at radius 3 is 2.71 bits per heavy atom. The van der Waals surface area contributed by atoms with E-state index >= 15 is 0 Å². The predicted molar refractivity (Wildman–Crippen MR) is 76.7 cm³/mol. The molecule has 0 saturated carbocycles. The summed E-state index contributed by atoms with van der Waals surface area (Å²) in [6.07, 6.45) is 1.64. The predicted octanol–water partition coefficient (Wildman–Crippen LogP) is 4.06. The Balaban J connectivity index is 2.03. The van der Waals surface area contributed by atoms with Crippen LogP contribution in [0.3, 0.4) is 0 Å². The first-order valence-electron chi connectivity index (χ1n) is 6.42. The Kier molecular flexibility index (Phi) is 2.47. The highest BCUT2D eigenvalue weighted by molar-refractivity contribution is 6.02. The van der Waals surface area contributed by atoms with Crippen LogP contribution in [0.25, 0.3) is 33.3 Å². The number of aromatic amines is 1. The number of pyridine rings is 1. The number of hydrogen-bond acceptors (Lipinski definition) is 2. The van der Waals surface area contributed by atoms with E-state index < -0.39 is 11.6 Å². The number of H-pyrrole nitrogens is 1. The summed E-state index contributed by atoms with van der Waals surface area (Å²) >= 11 is 0. The zero-order valence-corrected chi connectivity index (χ0v) is 10.8. The molecule has 102 valence electrons. The van der Waals surface area contributed by atoms with Crippen LogP contribution in [0.1, 0.15) is 0 Å². The minimum atomic E-state index is -0.908. The van der Waals surface area contributed by atoms with Crippen molar-refractivity contribution in [2.75, 3.05) is 0 Å². The normalized spacial score (nSPS) is 11.3. The number of hydrogen-bond donors (Lipinski definition) is 1. The Bertz CT molecular complexity index is 976. The van der Waals surface area contributed by atoms with Gasteiger partial charge in [-0.25, -0.2) is 13.8 Å². The van der Waals surface area contributed by atoms with E-state index in [1.807, 2.05) is 24.3 Å². The summed E-state index contributed by atoms with van der Waals surface area (Å²) in [5.41, 5.74) is 2.30. The van der Waals surface area contributed by atoms with Crippen LogP contribution in [0.5, 0.6) is 0 Å². The molecule has 0 aliphatic heterocycles. The fraction of sp³-hybridized carbons (Fsp3) is 0. The van der Waals surface area contributed by atoms with Crippen LogP contribution < -0.4 is 0 Å². The Labute approximate surface area is 118 Å². The molecule has 0 atom stereocenters. The number of rotatable bonds is 1. The second kappa shape index (κ2) is 4.34. The third-order valence-corrected chi connectivity index (χ3v) is 3.43. The first-order valence-corrected chi connectivity index (χ1v) is 6.42. The van der Waals surface area contributed by atoms with Gasteiger partial charge in [0.2, 0.25) is 0 Å². The number of fused-ring (bicyclic) bond motifs is 3. The van der Waals surface area contributed by atoms with E-state index in [1.54, 1.807) is 6.20 Å². The van der Waals surface area contributed by atoms with Gasteiger partial charge in [-0.05, 0) is 18.2 Å². The van der Waals surface area contributed by atoms with Crippen molar-refractivity contribution in [2.45, 2.75) is 0 Å². The van der Waals surface area contributed by atoms with Crippen LogP contribution in [0, 0.1) is 11.6 Å². The van der Waals surface area contributed by atoms with Gasteiger partial charge in [0.15, 0.2) is 11.6 Å². The summed E-state index contributed by atoms with van der Waals surface area (Å²) in [5, 5.41) is 0.870. The van der Waals surface area contributed by atoms with Crippen molar-refractivity contribution >= 4 is 21.9 Å². The van der Waals surface area contributed by atoms with Gasteiger partial charge >= 0.3 is 0 Å². The average Bonchev–Trinajstić information content (AvgIpc) is 2.94. The van der Waals surface area contributed by atoms with E-state index in [9.17, 15) is 8.78 Å². The molecule has 5 heteroatoms. The fourth-order valence-corrected chi connectivity index (χ4v) is 2.42. The molecule has 0 unspecified atom stereocenters. The van der Waals surface area contributed by atoms with Crippen LogP contribution >= 0.6 is 0 Å². The molecule has 3 nitrogen and oxygen atoms in total. The van der Waals surface area contributed by atoms with Gasteiger partial charge in [-0.15, -0.1) is 0 Å². The van der Waals surface area contributed by atoms with Crippen LogP contribution in [0.15, 0.2) is 48.7 Å². The number of nitrogens with zero attached hydrogens (tertiary/aromatic N) is 2. The maximum atomic E-state index is 13.9. The smallest absolute Gasteiger partial charge is 0.169 e. The van der Waals surface area contributed by atoms with Gasteiger partial charge in [0.05, 0.1) is 28.3 Å². The van der Waals surface area contributed by atoms with Crippen molar-refractivity contribution in [1.82, 2.24) is 15.0 Å². The lowest BCUT2D eigenvalue weighted by molar-refractivity contribution is 0.510. The van der Waals surface area contributed by atoms with Gasteiger partial charge in [-0.3, -0.25) is 4.98 Å². The van der Waals surface area contributed by atoms with Crippen LogP contribution in [-0.4, -0.2) is 15.0 Å². The lowest BCUT2D eigenvalue weighted by Gasteiger charge is -1.99. The molecule has 2 aromatic heterocycles. The monoisotopic (exact) mass is 281 g/mol. The summed E-state index contributed by atoms with van der Waals surface area (Å²) in [4.78, 5) is 11.7. The molecule has 4 rings (SSSR count). The Morgan fingerprint density at radius 2 is 1.81 bits per heavy atom. The average molecular weight is 281 g/mol. The second-order valence-corrected chi connectivity index (χ2v) is 4.72. The van der Waals surface area contributed by atoms with Gasteiger partial charge < -0.3 is 4.98 Å². The number of para-hydroxylation sites is 1. The Hall–Kier alpha value is -2.82. The second-order valence-electron chi connectivity index (χ2n) is 4.72. The first-order chi connectivity index (χ1) is 10.2. The summed E-state index contributed by atoms with van der Waals surface area (Å²) in [6.45, 7) is 0. The molecule has 2 heterocycles. The molecule has 1 N–H and O–H groups in total. The lowest BCUT2D eigenvalue weighted by Crippen LogP contribution is -1.90. The molecule has 0 bridgehead atoms. The van der Waals surface area contributed by atoms with Crippen molar-refractivity contribution in [3.63, 3.8) is 0 Å². The van der Waals surface area contributed by atoms with Gasteiger partial charge in [-0.2, -0.15) is 0 Å². The van der Waals surface area contributed by atoms with Crippen molar-refractivity contribution in [3.05, 3.63) is 60.3 Å². The molecule has 0 spiro atoms. The number of halogens is 2. The summed E-state index contributed by atoms with van der Waals surface area (Å²) in [7, 11) is 0. The van der Waals surface area contributed by atoms with Crippen LogP contribution in [0.4, 0.5) is 8.78 Å². The quantitative estimate of drug-likeness (QED) is 0.571. The van der Waals surface area contributed by atoms with E-state index in [-0.39, 0.29) is 5.56 Å². The van der Waals surface area contributed by atoms with Gasteiger partial charge in [-0.1, -0.05) is 24.3 Å². The summed E-state index contributed by atoms with van der Waals surface area (Å²) in [5.74, 6) is -1.51. The molecule has 2 aromatic carbocycles. The molecule has 0 aliphatic rings. The van der Waals surface area contributed by atoms with E-state index in [1.165, 1.54) is 12.1 Å². The fourth-order valence-electron chi connectivity index (χ4n) is 2.42. The largest absolute Gasteiger partial charge is 0.337 e. The highest BCUT2D eigenvalue weighted by Crippen LogP contribution is 2.27. The molecule has 0 amide bonds. The maximum Gasteiger partial charge on any atom is 0.169 e. The van der Waals surface area contributed by atoms with Crippen molar-refractivity contribution in [3.8, 4) is 11.4 Å². The van der Waals surface area contributed by atoms with Crippen molar-refractivity contribution in [1.29, 1.82) is 0 Å². The topological polar surface area (TPSA) is 41.6 Å². The van der Waals surface area contributed by atoms with E-state index in [0.717, 1.165) is 17.0 Å². The third-order valence-electron chi connectivity index (χ3n) is 3.43. The summed E-state index contributed by atoms with van der Waals surface area (Å²) < 4.78 is 27.2.